The van der Waals surface area contributed by atoms with Crippen molar-refractivity contribution in [1.82, 2.24) is 9.88 Å². The van der Waals surface area contributed by atoms with E-state index in [0.29, 0.717) is 17.8 Å². The van der Waals surface area contributed by atoms with Gasteiger partial charge in [0, 0.05) is 22.0 Å². The van der Waals surface area contributed by atoms with Crippen molar-refractivity contribution in [1.29, 1.82) is 0 Å². The van der Waals surface area contributed by atoms with Crippen LogP contribution in [0.5, 0.6) is 0 Å². The Kier molecular flexibility index (Phi) is 6.91. The zero-order chi connectivity index (χ0) is 22.5. The number of ether oxygens (including phenoxy) is 1. The summed E-state index contributed by atoms with van der Waals surface area (Å²) in [5, 5.41) is 6.75. The zero-order valence-corrected chi connectivity index (χ0v) is 18.8. The van der Waals surface area contributed by atoms with Crippen molar-refractivity contribution in [2.75, 3.05) is 11.9 Å². The third kappa shape index (κ3) is 5.61. The molecular formula is C23H25N3O4S. The van der Waals surface area contributed by atoms with E-state index >= 15 is 0 Å². The number of esters is 1. The summed E-state index contributed by atoms with van der Waals surface area (Å²) in [6.07, 6.45) is 0. The highest BCUT2D eigenvalue weighted by Crippen LogP contribution is 2.20. The topological polar surface area (TPSA) is 89.4 Å². The second kappa shape index (κ2) is 9.61. The molecule has 8 heteroatoms. The van der Waals surface area contributed by atoms with Gasteiger partial charge in [0.2, 0.25) is 0 Å². The first-order valence-electron chi connectivity index (χ1n) is 9.79. The highest BCUT2D eigenvalue weighted by Gasteiger charge is 2.19. The van der Waals surface area contributed by atoms with Crippen LogP contribution in [0, 0.1) is 27.7 Å². The molecule has 0 radical (unpaired) electrons. The van der Waals surface area contributed by atoms with Crippen LogP contribution in [0.2, 0.25) is 0 Å². The monoisotopic (exact) mass is 439 g/mol. The second-order valence-electron chi connectivity index (χ2n) is 7.33. The number of amides is 3. The van der Waals surface area contributed by atoms with E-state index in [-0.39, 0.29) is 0 Å². The minimum atomic E-state index is -0.706. The Bertz CT molecular complexity index is 1120. The maximum absolute atomic E-state index is 12.5. The number of anilines is 1. The maximum Gasteiger partial charge on any atom is 0.340 e. The summed E-state index contributed by atoms with van der Waals surface area (Å²) in [7, 11) is 0. The van der Waals surface area contributed by atoms with Gasteiger partial charge in [0.15, 0.2) is 6.61 Å². The molecule has 3 amide bonds. The SMILES string of the molecule is Cc1ccc(NC(=O)NC(=O)COC(=O)c2cc(C)n(Cc3cccs3)c2C)cc1C. The molecule has 0 saturated carbocycles. The Balaban J connectivity index is 1.53. The third-order valence-electron chi connectivity index (χ3n) is 5.04. The van der Waals surface area contributed by atoms with Crippen LogP contribution in [0.15, 0.2) is 41.8 Å². The summed E-state index contributed by atoms with van der Waals surface area (Å²) >= 11 is 1.65. The van der Waals surface area contributed by atoms with Gasteiger partial charge in [0.1, 0.15) is 0 Å². The fourth-order valence-electron chi connectivity index (χ4n) is 3.16. The van der Waals surface area contributed by atoms with E-state index in [1.807, 2.05) is 61.9 Å². The average Bonchev–Trinajstić information content (AvgIpc) is 3.32. The summed E-state index contributed by atoms with van der Waals surface area (Å²) in [4.78, 5) is 37.7. The lowest BCUT2D eigenvalue weighted by Crippen LogP contribution is -2.37. The molecule has 0 fully saturated rings. The molecule has 162 valence electrons. The Morgan fingerprint density at radius 2 is 1.81 bits per heavy atom. The number of aromatic nitrogens is 1. The standard InChI is InChI=1S/C23H25N3O4S/c1-14-7-8-18(10-15(14)2)24-23(29)25-21(27)13-30-22(28)20-11-16(3)26(17(20)4)12-19-6-5-9-31-19/h5-11H,12-13H2,1-4H3,(H2,24,25,27,29). The van der Waals surface area contributed by atoms with Gasteiger partial charge in [-0.3, -0.25) is 10.1 Å². The molecule has 2 N–H and O–H groups in total. The van der Waals surface area contributed by atoms with Crippen LogP contribution < -0.4 is 10.6 Å². The lowest BCUT2D eigenvalue weighted by molar-refractivity contribution is -0.123. The molecule has 0 atom stereocenters. The Morgan fingerprint density at radius 3 is 2.48 bits per heavy atom. The van der Waals surface area contributed by atoms with Gasteiger partial charge >= 0.3 is 12.0 Å². The van der Waals surface area contributed by atoms with Crippen molar-refractivity contribution in [2.24, 2.45) is 0 Å². The largest absolute Gasteiger partial charge is 0.452 e. The maximum atomic E-state index is 12.5. The van der Waals surface area contributed by atoms with Gasteiger partial charge in [-0.05, 0) is 68.5 Å². The van der Waals surface area contributed by atoms with Gasteiger partial charge in [-0.2, -0.15) is 0 Å². The van der Waals surface area contributed by atoms with Crippen LogP contribution in [0.1, 0.15) is 37.7 Å². The molecule has 2 heterocycles. The molecule has 0 aliphatic rings. The highest BCUT2D eigenvalue weighted by molar-refractivity contribution is 7.09. The summed E-state index contributed by atoms with van der Waals surface area (Å²) in [6.45, 7) is 7.78. The van der Waals surface area contributed by atoms with E-state index in [0.717, 1.165) is 22.5 Å². The summed E-state index contributed by atoms with van der Waals surface area (Å²) in [6, 6.07) is 10.5. The normalized spacial score (nSPS) is 10.6. The molecule has 31 heavy (non-hydrogen) atoms. The number of hydrogen-bond donors (Lipinski definition) is 2. The molecule has 3 rings (SSSR count). The Hall–Kier alpha value is -3.39. The first-order chi connectivity index (χ1) is 14.7. The van der Waals surface area contributed by atoms with Gasteiger partial charge < -0.3 is 14.6 Å². The number of carbonyl (C=O) groups is 3. The van der Waals surface area contributed by atoms with E-state index in [2.05, 4.69) is 10.6 Å². The molecule has 1 aromatic carbocycles. The lowest BCUT2D eigenvalue weighted by Gasteiger charge is -2.10. The number of thiophene rings is 1. The number of hydrogen-bond acceptors (Lipinski definition) is 5. The number of aryl methyl sites for hydroxylation is 3. The molecule has 3 aromatic rings. The minimum absolute atomic E-state index is 0.404. The van der Waals surface area contributed by atoms with Crippen LogP contribution >= 0.6 is 11.3 Å². The van der Waals surface area contributed by atoms with E-state index in [4.69, 9.17) is 4.74 Å². The molecule has 7 nitrogen and oxygen atoms in total. The highest BCUT2D eigenvalue weighted by atomic mass is 32.1. The molecule has 0 bridgehead atoms. The zero-order valence-electron chi connectivity index (χ0n) is 17.9. The van der Waals surface area contributed by atoms with E-state index < -0.39 is 24.5 Å². The number of nitrogens with one attached hydrogen (secondary N) is 2. The van der Waals surface area contributed by atoms with E-state index in [9.17, 15) is 14.4 Å². The van der Waals surface area contributed by atoms with E-state index in [1.165, 1.54) is 4.88 Å². The molecule has 0 unspecified atom stereocenters. The summed E-state index contributed by atoms with van der Waals surface area (Å²) in [5.41, 5.74) is 4.79. The Labute approximate surface area is 185 Å². The molecule has 0 aliphatic heterocycles. The molecule has 2 aromatic heterocycles. The van der Waals surface area contributed by atoms with Crippen molar-refractivity contribution < 1.29 is 19.1 Å². The van der Waals surface area contributed by atoms with Crippen LogP contribution in [0.4, 0.5) is 10.5 Å². The van der Waals surface area contributed by atoms with Gasteiger partial charge in [0.25, 0.3) is 5.91 Å². The second-order valence-corrected chi connectivity index (χ2v) is 8.36. The number of carbonyl (C=O) groups excluding carboxylic acids is 3. The number of nitrogens with zero attached hydrogens (tertiary/aromatic N) is 1. The van der Waals surface area contributed by atoms with Crippen molar-refractivity contribution in [3.05, 3.63) is 74.7 Å². The number of imide groups is 1. The van der Waals surface area contributed by atoms with Crippen LogP contribution in [-0.4, -0.2) is 29.1 Å². The summed E-state index contributed by atoms with van der Waals surface area (Å²) in [5.74, 6) is -1.31. The lowest BCUT2D eigenvalue weighted by atomic mass is 10.1. The number of urea groups is 1. The van der Waals surface area contributed by atoms with Crippen molar-refractivity contribution in [2.45, 2.75) is 34.2 Å². The van der Waals surface area contributed by atoms with Crippen molar-refractivity contribution >= 4 is 34.9 Å². The predicted molar refractivity (Wildman–Crippen MR) is 121 cm³/mol. The quantitative estimate of drug-likeness (QED) is 0.559. The van der Waals surface area contributed by atoms with Gasteiger partial charge in [0.05, 0.1) is 12.1 Å². The van der Waals surface area contributed by atoms with Gasteiger partial charge in [-0.1, -0.05) is 12.1 Å². The molecule has 0 saturated heterocycles. The third-order valence-corrected chi connectivity index (χ3v) is 5.90. The van der Waals surface area contributed by atoms with Crippen LogP contribution in [-0.2, 0) is 16.1 Å². The smallest absolute Gasteiger partial charge is 0.340 e. The van der Waals surface area contributed by atoms with Crippen LogP contribution in [0.25, 0.3) is 0 Å². The molecule has 0 spiro atoms. The first-order valence-corrected chi connectivity index (χ1v) is 10.7. The van der Waals surface area contributed by atoms with Crippen molar-refractivity contribution in [3.8, 4) is 0 Å². The van der Waals surface area contributed by atoms with Gasteiger partial charge in [-0.25, -0.2) is 9.59 Å². The predicted octanol–water partition coefficient (Wildman–Crippen LogP) is 4.34. The van der Waals surface area contributed by atoms with Crippen LogP contribution in [0.3, 0.4) is 0 Å². The number of rotatable bonds is 6. The Morgan fingerprint density at radius 1 is 1.03 bits per heavy atom. The fourth-order valence-corrected chi connectivity index (χ4v) is 3.86. The van der Waals surface area contributed by atoms with Crippen molar-refractivity contribution in [3.63, 3.8) is 0 Å². The summed E-state index contributed by atoms with van der Waals surface area (Å²) < 4.78 is 7.15. The fraction of sp³-hybridized carbons (Fsp3) is 0.261. The number of benzene rings is 1. The first kappa shape index (κ1) is 22.3. The molecular weight excluding hydrogens is 414 g/mol. The average molecular weight is 440 g/mol. The molecule has 0 aliphatic carbocycles. The minimum Gasteiger partial charge on any atom is -0.452 e. The van der Waals surface area contributed by atoms with E-state index in [1.54, 1.807) is 23.5 Å². The van der Waals surface area contributed by atoms with Gasteiger partial charge in [-0.15, -0.1) is 11.3 Å².